The van der Waals surface area contributed by atoms with Crippen molar-refractivity contribution in [1.82, 2.24) is 15.1 Å². The zero-order valence-corrected chi connectivity index (χ0v) is 13.5. The molecule has 23 heavy (non-hydrogen) atoms. The number of carbonyl (C=O) groups excluding carboxylic acids is 1. The minimum absolute atomic E-state index is 0.140. The summed E-state index contributed by atoms with van der Waals surface area (Å²) in [5.74, 6) is 0.459. The number of nitrogens with one attached hydrogen (secondary N) is 1. The van der Waals surface area contributed by atoms with Crippen LogP contribution >= 0.6 is 0 Å². The zero-order chi connectivity index (χ0) is 16.8. The van der Waals surface area contributed by atoms with Gasteiger partial charge in [0.25, 0.3) is 0 Å². The third-order valence-electron chi connectivity index (χ3n) is 3.66. The molecule has 0 fully saturated rings. The Morgan fingerprint density at radius 1 is 1.43 bits per heavy atom. The summed E-state index contributed by atoms with van der Waals surface area (Å²) in [7, 11) is 3.43. The van der Waals surface area contributed by atoms with E-state index in [2.05, 4.69) is 10.4 Å². The SMILES string of the molecule is COc1ccc(C(O)CNC(=O)/C=C/c2cnn(C)c2C)cc1. The molecule has 1 heterocycles. The summed E-state index contributed by atoms with van der Waals surface area (Å²) >= 11 is 0. The molecule has 0 saturated heterocycles. The molecule has 122 valence electrons. The van der Waals surface area contributed by atoms with Crippen molar-refractivity contribution in [1.29, 1.82) is 0 Å². The Labute approximate surface area is 135 Å². The van der Waals surface area contributed by atoms with Crippen molar-refractivity contribution in [2.24, 2.45) is 7.05 Å². The molecule has 0 spiro atoms. The van der Waals surface area contributed by atoms with E-state index in [-0.39, 0.29) is 12.5 Å². The average Bonchev–Trinajstić information content (AvgIpc) is 2.89. The van der Waals surface area contributed by atoms with Crippen molar-refractivity contribution in [2.75, 3.05) is 13.7 Å². The number of hydrogen-bond acceptors (Lipinski definition) is 4. The highest BCUT2D eigenvalue weighted by atomic mass is 16.5. The lowest BCUT2D eigenvalue weighted by Crippen LogP contribution is -2.26. The number of amides is 1. The molecule has 1 atom stereocenters. The Balaban J connectivity index is 1.86. The fourth-order valence-corrected chi connectivity index (χ4v) is 2.04. The zero-order valence-electron chi connectivity index (χ0n) is 13.5. The van der Waals surface area contributed by atoms with E-state index >= 15 is 0 Å². The van der Waals surface area contributed by atoms with Crippen molar-refractivity contribution in [3.05, 3.63) is 53.4 Å². The molecule has 1 aromatic heterocycles. The molecule has 2 aromatic rings. The lowest BCUT2D eigenvalue weighted by molar-refractivity contribution is -0.116. The van der Waals surface area contributed by atoms with Gasteiger partial charge in [-0.1, -0.05) is 12.1 Å². The van der Waals surface area contributed by atoms with Crippen molar-refractivity contribution in [2.45, 2.75) is 13.0 Å². The van der Waals surface area contributed by atoms with Crippen LogP contribution in [0.5, 0.6) is 5.75 Å². The fraction of sp³-hybridized carbons (Fsp3) is 0.294. The summed E-state index contributed by atoms with van der Waals surface area (Å²) < 4.78 is 6.81. The summed E-state index contributed by atoms with van der Waals surface area (Å²) in [6, 6.07) is 7.08. The largest absolute Gasteiger partial charge is 0.497 e. The van der Waals surface area contributed by atoms with Crippen LogP contribution in [0, 0.1) is 6.92 Å². The summed E-state index contributed by atoms with van der Waals surface area (Å²) in [6.07, 6.45) is 4.08. The lowest BCUT2D eigenvalue weighted by Gasteiger charge is -2.11. The standard InChI is InChI=1S/C17H21N3O3/c1-12-14(10-19-20(12)2)6-9-17(22)18-11-16(21)13-4-7-15(23-3)8-5-13/h4-10,16,21H,11H2,1-3H3,(H,18,22)/b9-6+. The number of aromatic nitrogens is 2. The molecule has 6 heteroatoms. The van der Waals surface area contributed by atoms with Gasteiger partial charge in [-0.2, -0.15) is 5.10 Å². The van der Waals surface area contributed by atoms with Gasteiger partial charge in [0, 0.05) is 30.9 Å². The number of aliphatic hydroxyl groups is 1. The van der Waals surface area contributed by atoms with Gasteiger partial charge in [-0.3, -0.25) is 9.48 Å². The van der Waals surface area contributed by atoms with E-state index in [1.807, 2.05) is 14.0 Å². The smallest absolute Gasteiger partial charge is 0.244 e. The normalized spacial score (nSPS) is 12.3. The van der Waals surface area contributed by atoms with Gasteiger partial charge in [0.15, 0.2) is 0 Å². The number of aryl methyl sites for hydroxylation is 1. The Bertz CT molecular complexity index is 690. The molecule has 2 N–H and O–H groups in total. The Kier molecular flexibility index (Phi) is 5.54. The highest BCUT2D eigenvalue weighted by Crippen LogP contribution is 2.17. The second kappa shape index (κ2) is 7.60. The number of rotatable bonds is 6. The number of aliphatic hydroxyl groups excluding tert-OH is 1. The molecule has 0 radical (unpaired) electrons. The van der Waals surface area contributed by atoms with E-state index in [1.54, 1.807) is 48.3 Å². The van der Waals surface area contributed by atoms with Gasteiger partial charge in [0.05, 0.1) is 19.4 Å². The van der Waals surface area contributed by atoms with Crippen LogP contribution in [0.4, 0.5) is 0 Å². The maximum absolute atomic E-state index is 11.8. The van der Waals surface area contributed by atoms with E-state index in [4.69, 9.17) is 4.74 Å². The van der Waals surface area contributed by atoms with Crippen molar-refractivity contribution in [3.63, 3.8) is 0 Å². The minimum Gasteiger partial charge on any atom is -0.497 e. The number of hydrogen-bond donors (Lipinski definition) is 2. The van der Waals surface area contributed by atoms with E-state index in [1.165, 1.54) is 6.08 Å². The summed E-state index contributed by atoms with van der Waals surface area (Å²) in [6.45, 7) is 2.07. The van der Waals surface area contributed by atoms with E-state index in [0.717, 1.165) is 22.6 Å². The van der Waals surface area contributed by atoms with Crippen LogP contribution in [-0.2, 0) is 11.8 Å². The monoisotopic (exact) mass is 315 g/mol. The first-order chi connectivity index (χ1) is 11.0. The molecule has 2 rings (SSSR count). The average molecular weight is 315 g/mol. The van der Waals surface area contributed by atoms with Crippen LogP contribution < -0.4 is 10.1 Å². The first-order valence-corrected chi connectivity index (χ1v) is 7.27. The van der Waals surface area contributed by atoms with Crippen molar-refractivity contribution < 1.29 is 14.6 Å². The number of carbonyl (C=O) groups is 1. The number of benzene rings is 1. The van der Waals surface area contributed by atoms with Crippen LogP contribution in [0.25, 0.3) is 6.08 Å². The summed E-state index contributed by atoms with van der Waals surface area (Å²) in [4.78, 5) is 11.8. The van der Waals surface area contributed by atoms with Gasteiger partial charge in [-0.15, -0.1) is 0 Å². The van der Waals surface area contributed by atoms with Gasteiger partial charge >= 0.3 is 0 Å². The van der Waals surface area contributed by atoms with E-state index in [0.29, 0.717) is 0 Å². The Hall–Kier alpha value is -2.60. The van der Waals surface area contributed by atoms with Gasteiger partial charge in [0.1, 0.15) is 5.75 Å². The minimum atomic E-state index is -0.765. The second-order valence-electron chi connectivity index (χ2n) is 5.18. The van der Waals surface area contributed by atoms with Gasteiger partial charge in [-0.25, -0.2) is 0 Å². The first-order valence-electron chi connectivity index (χ1n) is 7.27. The number of ether oxygens (including phenoxy) is 1. The van der Waals surface area contributed by atoms with Crippen molar-refractivity contribution in [3.8, 4) is 5.75 Å². The lowest BCUT2D eigenvalue weighted by atomic mass is 10.1. The fourth-order valence-electron chi connectivity index (χ4n) is 2.04. The molecule has 1 aromatic carbocycles. The van der Waals surface area contributed by atoms with Gasteiger partial charge in [-0.05, 0) is 30.7 Å². The molecule has 6 nitrogen and oxygen atoms in total. The van der Waals surface area contributed by atoms with Crippen LogP contribution in [0.3, 0.4) is 0 Å². The van der Waals surface area contributed by atoms with Crippen LogP contribution in [0.1, 0.15) is 22.9 Å². The number of methoxy groups -OCH3 is 1. The highest BCUT2D eigenvalue weighted by Gasteiger charge is 2.08. The quantitative estimate of drug-likeness (QED) is 0.794. The molecule has 0 aliphatic carbocycles. The summed E-state index contributed by atoms with van der Waals surface area (Å²) in [5.41, 5.74) is 2.59. The molecular formula is C17H21N3O3. The van der Waals surface area contributed by atoms with Gasteiger partial charge in [0.2, 0.25) is 5.91 Å². The molecule has 1 amide bonds. The van der Waals surface area contributed by atoms with E-state index in [9.17, 15) is 9.90 Å². The molecule has 0 aliphatic rings. The molecular weight excluding hydrogens is 294 g/mol. The molecule has 0 aliphatic heterocycles. The maximum atomic E-state index is 11.8. The topological polar surface area (TPSA) is 76.4 Å². The van der Waals surface area contributed by atoms with E-state index < -0.39 is 6.10 Å². The predicted octanol–water partition coefficient (Wildman–Crippen LogP) is 1.60. The second-order valence-corrected chi connectivity index (χ2v) is 5.18. The summed E-state index contributed by atoms with van der Waals surface area (Å²) in [5, 5.41) is 16.9. The van der Waals surface area contributed by atoms with Crippen LogP contribution in [0.15, 0.2) is 36.5 Å². The third-order valence-corrected chi connectivity index (χ3v) is 3.66. The molecule has 1 unspecified atom stereocenters. The Morgan fingerprint density at radius 3 is 2.70 bits per heavy atom. The molecule has 0 bridgehead atoms. The Morgan fingerprint density at radius 2 is 2.13 bits per heavy atom. The van der Waals surface area contributed by atoms with Gasteiger partial charge < -0.3 is 15.2 Å². The van der Waals surface area contributed by atoms with Crippen molar-refractivity contribution >= 4 is 12.0 Å². The van der Waals surface area contributed by atoms with Crippen LogP contribution in [-0.4, -0.2) is 34.4 Å². The number of nitrogens with zero attached hydrogens (tertiary/aromatic N) is 2. The highest BCUT2D eigenvalue weighted by molar-refractivity contribution is 5.91. The first kappa shape index (κ1) is 16.8. The maximum Gasteiger partial charge on any atom is 0.244 e. The predicted molar refractivity (Wildman–Crippen MR) is 87.9 cm³/mol. The third kappa shape index (κ3) is 4.43. The van der Waals surface area contributed by atoms with Crippen LogP contribution in [0.2, 0.25) is 0 Å². The molecule has 0 saturated carbocycles.